The topological polar surface area (TPSA) is 27.6 Å². The van der Waals surface area contributed by atoms with Gasteiger partial charge in [0.25, 0.3) is 0 Å². The summed E-state index contributed by atoms with van der Waals surface area (Å²) in [7, 11) is 1.99. The summed E-state index contributed by atoms with van der Waals surface area (Å²) >= 11 is 0. The molecule has 1 aromatic rings. The number of aliphatic imine (C=N–C) groups is 1. The molecule has 0 saturated heterocycles. The van der Waals surface area contributed by atoms with Crippen LogP contribution in [0.3, 0.4) is 0 Å². The molecule has 1 N–H and O–H groups in total. The van der Waals surface area contributed by atoms with Gasteiger partial charge in [-0.15, -0.1) is 0 Å². The Morgan fingerprint density at radius 3 is 2.79 bits per heavy atom. The summed E-state index contributed by atoms with van der Waals surface area (Å²) in [5.74, 6) is 0. The van der Waals surface area contributed by atoms with Crippen molar-refractivity contribution in [1.29, 1.82) is 0 Å². The Labute approximate surface area is 83.8 Å². The molecular weight excluding hydrogens is 174 g/mol. The zero-order chi connectivity index (χ0) is 9.80. The molecule has 1 unspecified atom stereocenters. The zero-order valence-corrected chi connectivity index (χ0v) is 8.09. The van der Waals surface area contributed by atoms with E-state index in [2.05, 4.69) is 10.3 Å². The fraction of sp³-hybridized carbons (Fsp3) is 0.182. The minimum Gasteiger partial charge on any atom is -0.347 e. The fourth-order valence-corrected chi connectivity index (χ4v) is 1.31. The Morgan fingerprint density at radius 1 is 1.29 bits per heavy atom. The van der Waals surface area contributed by atoms with E-state index in [1.54, 1.807) is 6.21 Å². The van der Waals surface area contributed by atoms with Gasteiger partial charge in [0.15, 0.2) is 6.29 Å². The predicted molar refractivity (Wildman–Crippen MR) is 59.2 cm³/mol. The van der Waals surface area contributed by atoms with Gasteiger partial charge in [-0.25, -0.2) is 4.99 Å². The third kappa shape index (κ3) is 1.93. The van der Waals surface area contributed by atoms with Crippen LogP contribution in [-0.4, -0.2) is 24.5 Å². The highest BCUT2D eigenvalue weighted by Gasteiger charge is 2.09. The highest BCUT2D eigenvalue weighted by Crippen LogP contribution is 2.10. The van der Waals surface area contributed by atoms with E-state index in [4.69, 9.17) is 0 Å². The number of rotatable bonds is 2. The van der Waals surface area contributed by atoms with E-state index in [0.29, 0.717) is 0 Å². The van der Waals surface area contributed by atoms with E-state index in [1.165, 1.54) is 0 Å². The van der Waals surface area contributed by atoms with Crippen molar-refractivity contribution in [3.05, 3.63) is 42.6 Å². The van der Waals surface area contributed by atoms with Crippen molar-refractivity contribution in [2.45, 2.75) is 6.29 Å². The number of hydrogen-bond donors (Lipinski definition) is 1. The van der Waals surface area contributed by atoms with E-state index < -0.39 is 0 Å². The van der Waals surface area contributed by atoms with Crippen molar-refractivity contribution in [2.24, 2.45) is 4.99 Å². The van der Waals surface area contributed by atoms with E-state index in [0.717, 1.165) is 5.69 Å². The highest BCUT2D eigenvalue weighted by molar-refractivity contribution is 5.72. The summed E-state index contributed by atoms with van der Waals surface area (Å²) in [6.07, 6.45) is 5.72. The van der Waals surface area contributed by atoms with Crippen molar-refractivity contribution in [2.75, 3.05) is 12.4 Å². The van der Waals surface area contributed by atoms with Crippen LogP contribution in [0.1, 0.15) is 0 Å². The van der Waals surface area contributed by atoms with Crippen LogP contribution in [0.15, 0.2) is 47.6 Å². The number of nitrogens with one attached hydrogen (secondary N) is 1. The van der Waals surface area contributed by atoms with Gasteiger partial charge in [-0.3, -0.25) is 0 Å². The molecule has 0 radical (unpaired) electrons. The van der Waals surface area contributed by atoms with Crippen molar-refractivity contribution in [3.63, 3.8) is 0 Å². The van der Waals surface area contributed by atoms with Crippen LogP contribution in [-0.2, 0) is 0 Å². The highest BCUT2D eigenvalue weighted by atomic mass is 15.3. The zero-order valence-electron chi connectivity index (χ0n) is 8.09. The first kappa shape index (κ1) is 8.81. The second kappa shape index (κ2) is 3.96. The summed E-state index contributed by atoms with van der Waals surface area (Å²) < 4.78 is 0. The lowest BCUT2D eigenvalue weighted by atomic mass is 10.3. The Bertz CT molecular complexity index is 343. The Kier molecular flexibility index (Phi) is 2.49. The van der Waals surface area contributed by atoms with E-state index in [9.17, 15) is 0 Å². The van der Waals surface area contributed by atoms with Crippen molar-refractivity contribution in [1.82, 2.24) is 4.90 Å². The summed E-state index contributed by atoms with van der Waals surface area (Å²) in [6, 6.07) is 10.1. The Morgan fingerprint density at radius 2 is 2.07 bits per heavy atom. The third-order valence-electron chi connectivity index (χ3n) is 2.09. The van der Waals surface area contributed by atoms with E-state index in [1.807, 2.05) is 54.6 Å². The number of hydrogen-bond acceptors (Lipinski definition) is 3. The van der Waals surface area contributed by atoms with Crippen LogP contribution in [0.25, 0.3) is 0 Å². The molecule has 3 nitrogen and oxygen atoms in total. The largest absolute Gasteiger partial charge is 0.347 e. The molecule has 0 amide bonds. The normalized spacial score (nSPS) is 19.8. The smallest absolute Gasteiger partial charge is 0.195 e. The molecular formula is C11H13N3. The molecule has 72 valence electrons. The summed E-state index contributed by atoms with van der Waals surface area (Å²) in [5, 5.41) is 3.31. The molecule has 0 bridgehead atoms. The quantitative estimate of drug-likeness (QED) is 0.766. The SMILES string of the molecule is CN1C=CC=NC1Nc1ccccc1. The van der Waals surface area contributed by atoms with Crippen molar-refractivity contribution in [3.8, 4) is 0 Å². The summed E-state index contributed by atoms with van der Waals surface area (Å²) in [5.41, 5.74) is 1.08. The van der Waals surface area contributed by atoms with Crippen molar-refractivity contribution >= 4 is 11.9 Å². The van der Waals surface area contributed by atoms with Gasteiger partial charge >= 0.3 is 0 Å². The third-order valence-corrected chi connectivity index (χ3v) is 2.09. The molecule has 14 heavy (non-hydrogen) atoms. The summed E-state index contributed by atoms with van der Waals surface area (Å²) in [6.45, 7) is 0. The molecule has 0 aliphatic carbocycles. The minimum absolute atomic E-state index is 0.00222. The second-order valence-corrected chi connectivity index (χ2v) is 3.19. The summed E-state index contributed by atoms with van der Waals surface area (Å²) in [4.78, 5) is 6.33. The van der Waals surface area contributed by atoms with Gasteiger partial charge in [-0.2, -0.15) is 0 Å². The average molecular weight is 187 g/mol. The van der Waals surface area contributed by atoms with Crippen LogP contribution >= 0.6 is 0 Å². The first-order valence-corrected chi connectivity index (χ1v) is 4.60. The lowest BCUT2D eigenvalue weighted by Crippen LogP contribution is -2.34. The van der Waals surface area contributed by atoms with Gasteiger partial charge in [-0.05, 0) is 18.2 Å². The van der Waals surface area contributed by atoms with Crippen LogP contribution in [0.2, 0.25) is 0 Å². The van der Waals surface area contributed by atoms with Crippen LogP contribution < -0.4 is 5.32 Å². The predicted octanol–water partition coefficient (Wildman–Crippen LogP) is 1.91. The molecule has 1 aliphatic heterocycles. The van der Waals surface area contributed by atoms with Crippen LogP contribution in [0.4, 0.5) is 5.69 Å². The first-order valence-electron chi connectivity index (χ1n) is 4.60. The molecule has 1 heterocycles. The molecule has 0 saturated carbocycles. The lowest BCUT2D eigenvalue weighted by molar-refractivity contribution is 0.369. The lowest BCUT2D eigenvalue weighted by Gasteiger charge is -2.26. The van der Waals surface area contributed by atoms with Gasteiger partial charge in [-0.1, -0.05) is 18.2 Å². The van der Waals surface area contributed by atoms with Crippen molar-refractivity contribution < 1.29 is 0 Å². The van der Waals surface area contributed by atoms with E-state index >= 15 is 0 Å². The molecule has 3 heteroatoms. The minimum atomic E-state index is 0.00222. The van der Waals surface area contributed by atoms with Crippen LogP contribution in [0.5, 0.6) is 0 Å². The number of nitrogens with zero attached hydrogens (tertiary/aromatic N) is 2. The van der Waals surface area contributed by atoms with E-state index in [-0.39, 0.29) is 6.29 Å². The monoisotopic (exact) mass is 187 g/mol. The Hall–Kier alpha value is -1.77. The second-order valence-electron chi connectivity index (χ2n) is 3.19. The molecule has 1 aliphatic rings. The molecule has 1 atom stereocenters. The number of benzene rings is 1. The molecule has 2 rings (SSSR count). The number of anilines is 1. The van der Waals surface area contributed by atoms with Gasteiger partial charge < -0.3 is 10.2 Å². The van der Waals surface area contributed by atoms with Gasteiger partial charge in [0.05, 0.1) is 0 Å². The van der Waals surface area contributed by atoms with Crippen LogP contribution in [0, 0.1) is 0 Å². The average Bonchev–Trinajstić information content (AvgIpc) is 2.23. The van der Waals surface area contributed by atoms with Gasteiger partial charge in [0.1, 0.15) is 0 Å². The Balaban J connectivity index is 2.05. The molecule has 0 fully saturated rings. The van der Waals surface area contributed by atoms with Gasteiger partial charge in [0, 0.05) is 25.1 Å². The maximum absolute atomic E-state index is 4.31. The standard InChI is InChI=1S/C11H13N3/c1-14-9-5-8-12-11(14)13-10-6-3-2-4-7-10/h2-9,11,13H,1H3. The maximum Gasteiger partial charge on any atom is 0.195 e. The first-order chi connectivity index (χ1) is 6.86. The number of para-hydroxylation sites is 1. The maximum atomic E-state index is 4.31. The van der Waals surface area contributed by atoms with Gasteiger partial charge in [0.2, 0.25) is 0 Å². The molecule has 0 aromatic heterocycles. The molecule has 0 spiro atoms. The fourth-order valence-electron chi connectivity index (χ4n) is 1.31. The molecule has 1 aromatic carbocycles. The number of allylic oxidation sites excluding steroid dienone is 1.